The van der Waals surface area contributed by atoms with Crippen LogP contribution in [0.5, 0.6) is 0 Å². The minimum Gasteiger partial charge on any atom is -0.319 e. The first-order valence-electron chi connectivity index (χ1n) is 8.05. The van der Waals surface area contributed by atoms with Crippen molar-refractivity contribution >= 4 is 8.07 Å². The van der Waals surface area contributed by atoms with Crippen LogP contribution in [0, 0.1) is 11.3 Å². The molecule has 1 aliphatic rings. The lowest BCUT2D eigenvalue weighted by Gasteiger charge is -2.43. The van der Waals surface area contributed by atoms with Crippen LogP contribution >= 0.6 is 0 Å². The summed E-state index contributed by atoms with van der Waals surface area (Å²) in [6, 6.07) is 1.52. The SMILES string of the molecule is CCCCC1CCC(CNC)(C[Si](C)(C)C)CC1. The van der Waals surface area contributed by atoms with Gasteiger partial charge in [0.15, 0.2) is 0 Å². The number of hydrogen-bond donors (Lipinski definition) is 1. The van der Waals surface area contributed by atoms with Crippen molar-refractivity contribution in [2.45, 2.75) is 77.6 Å². The predicted octanol–water partition coefficient (Wildman–Crippen LogP) is 4.91. The monoisotopic (exact) mass is 269 g/mol. The van der Waals surface area contributed by atoms with E-state index in [1.54, 1.807) is 0 Å². The van der Waals surface area contributed by atoms with Crippen LogP contribution in [0.1, 0.15) is 51.9 Å². The molecular weight excluding hydrogens is 234 g/mol. The van der Waals surface area contributed by atoms with Gasteiger partial charge in [0, 0.05) is 14.6 Å². The largest absolute Gasteiger partial charge is 0.319 e. The molecule has 1 aliphatic carbocycles. The molecule has 0 aromatic carbocycles. The Bertz CT molecular complexity index is 224. The van der Waals surface area contributed by atoms with E-state index in [9.17, 15) is 0 Å². The summed E-state index contributed by atoms with van der Waals surface area (Å²) in [7, 11) is 1.19. The van der Waals surface area contributed by atoms with Crippen LogP contribution in [0.15, 0.2) is 0 Å². The molecule has 0 aromatic heterocycles. The normalized spacial score (nSPS) is 29.5. The zero-order valence-corrected chi connectivity index (χ0v) is 14.4. The summed E-state index contributed by atoms with van der Waals surface area (Å²) in [6.07, 6.45) is 10.2. The van der Waals surface area contributed by atoms with Crippen molar-refractivity contribution in [1.82, 2.24) is 5.32 Å². The van der Waals surface area contributed by atoms with Gasteiger partial charge in [0.1, 0.15) is 0 Å². The van der Waals surface area contributed by atoms with Gasteiger partial charge in [0.05, 0.1) is 0 Å². The number of unbranched alkanes of at least 4 members (excludes halogenated alkanes) is 1. The van der Waals surface area contributed by atoms with Gasteiger partial charge in [-0.1, -0.05) is 51.9 Å². The summed E-state index contributed by atoms with van der Waals surface area (Å²) in [5.74, 6) is 1.04. The fraction of sp³-hybridized carbons (Fsp3) is 1.00. The molecule has 0 saturated heterocycles. The van der Waals surface area contributed by atoms with Gasteiger partial charge in [-0.25, -0.2) is 0 Å². The van der Waals surface area contributed by atoms with Gasteiger partial charge in [-0.15, -0.1) is 0 Å². The molecule has 18 heavy (non-hydrogen) atoms. The van der Waals surface area contributed by atoms with Crippen LogP contribution in [-0.2, 0) is 0 Å². The van der Waals surface area contributed by atoms with Crippen LogP contribution in [-0.4, -0.2) is 21.7 Å². The molecule has 1 N–H and O–H groups in total. The topological polar surface area (TPSA) is 12.0 Å². The van der Waals surface area contributed by atoms with Crippen LogP contribution in [0.3, 0.4) is 0 Å². The Morgan fingerprint density at radius 3 is 2.22 bits per heavy atom. The van der Waals surface area contributed by atoms with E-state index < -0.39 is 8.07 Å². The summed E-state index contributed by atoms with van der Waals surface area (Å²) < 4.78 is 0. The number of hydrogen-bond acceptors (Lipinski definition) is 1. The number of rotatable bonds is 7. The Labute approximate surface area is 116 Å². The maximum Gasteiger partial charge on any atom is 0.0448 e. The Hall–Kier alpha value is 0.177. The van der Waals surface area contributed by atoms with Crippen LogP contribution in [0.4, 0.5) is 0 Å². The first-order valence-corrected chi connectivity index (χ1v) is 11.8. The fourth-order valence-electron chi connectivity index (χ4n) is 3.99. The molecule has 1 fully saturated rings. The molecule has 0 aliphatic heterocycles. The van der Waals surface area contributed by atoms with Crippen molar-refractivity contribution in [3.05, 3.63) is 0 Å². The molecule has 0 radical (unpaired) electrons. The highest BCUT2D eigenvalue weighted by Crippen LogP contribution is 2.45. The average Bonchev–Trinajstić information content (AvgIpc) is 2.26. The van der Waals surface area contributed by atoms with Crippen molar-refractivity contribution in [3.8, 4) is 0 Å². The minimum atomic E-state index is -0.942. The highest BCUT2D eigenvalue weighted by molar-refractivity contribution is 6.76. The van der Waals surface area contributed by atoms with Gasteiger partial charge < -0.3 is 5.32 Å². The van der Waals surface area contributed by atoms with E-state index in [2.05, 4.69) is 38.9 Å². The lowest BCUT2D eigenvalue weighted by Crippen LogP contribution is -2.41. The van der Waals surface area contributed by atoms with E-state index >= 15 is 0 Å². The molecule has 0 unspecified atom stereocenters. The Balaban J connectivity index is 2.51. The Morgan fingerprint density at radius 2 is 1.78 bits per heavy atom. The summed E-state index contributed by atoms with van der Waals surface area (Å²) >= 11 is 0. The lowest BCUT2D eigenvalue weighted by molar-refractivity contribution is 0.160. The van der Waals surface area contributed by atoms with Gasteiger partial charge >= 0.3 is 0 Å². The molecule has 1 saturated carbocycles. The van der Waals surface area contributed by atoms with Crippen molar-refractivity contribution in [2.24, 2.45) is 11.3 Å². The second-order valence-corrected chi connectivity index (χ2v) is 13.3. The molecule has 0 heterocycles. The fourth-order valence-corrected chi connectivity index (χ4v) is 6.72. The van der Waals surface area contributed by atoms with E-state index in [0.717, 1.165) is 5.92 Å². The highest BCUT2D eigenvalue weighted by atomic mass is 28.3. The second kappa shape index (κ2) is 7.09. The van der Waals surface area contributed by atoms with Gasteiger partial charge in [0.25, 0.3) is 0 Å². The standard InChI is InChI=1S/C16H35NSi/c1-6-7-8-15-9-11-16(12-10-15,13-17-2)14-18(3,4)5/h15,17H,6-14H2,1-5H3. The second-order valence-electron chi connectivity index (χ2n) is 7.85. The van der Waals surface area contributed by atoms with Crippen molar-refractivity contribution in [3.63, 3.8) is 0 Å². The van der Waals surface area contributed by atoms with E-state index in [0.29, 0.717) is 5.41 Å². The lowest BCUT2D eigenvalue weighted by atomic mass is 9.70. The minimum absolute atomic E-state index is 0.641. The highest BCUT2D eigenvalue weighted by Gasteiger charge is 2.37. The molecule has 108 valence electrons. The average molecular weight is 270 g/mol. The zero-order chi connectivity index (χ0) is 13.6. The molecule has 0 bridgehead atoms. The summed E-state index contributed by atoms with van der Waals surface area (Å²) in [5.41, 5.74) is 0.641. The summed E-state index contributed by atoms with van der Waals surface area (Å²) in [4.78, 5) is 0. The van der Waals surface area contributed by atoms with Gasteiger partial charge in [0.2, 0.25) is 0 Å². The summed E-state index contributed by atoms with van der Waals surface area (Å²) in [5, 5.41) is 3.48. The first kappa shape index (κ1) is 16.2. The molecule has 2 heteroatoms. The zero-order valence-electron chi connectivity index (χ0n) is 13.4. The smallest absolute Gasteiger partial charge is 0.0448 e. The van der Waals surface area contributed by atoms with Gasteiger partial charge in [-0.05, 0) is 44.1 Å². The van der Waals surface area contributed by atoms with E-state index in [1.165, 1.54) is 57.5 Å². The van der Waals surface area contributed by atoms with Crippen molar-refractivity contribution in [2.75, 3.05) is 13.6 Å². The van der Waals surface area contributed by atoms with Crippen molar-refractivity contribution < 1.29 is 0 Å². The first-order chi connectivity index (χ1) is 8.41. The molecule has 0 aromatic rings. The molecule has 1 nitrogen and oxygen atoms in total. The molecule has 0 spiro atoms. The third-order valence-electron chi connectivity index (χ3n) is 4.59. The van der Waals surface area contributed by atoms with Gasteiger partial charge in [-0.3, -0.25) is 0 Å². The van der Waals surface area contributed by atoms with Crippen molar-refractivity contribution in [1.29, 1.82) is 0 Å². The third-order valence-corrected chi connectivity index (χ3v) is 6.40. The van der Waals surface area contributed by atoms with Crippen LogP contribution in [0.2, 0.25) is 25.7 Å². The predicted molar refractivity (Wildman–Crippen MR) is 86.0 cm³/mol. The van der Waals surface area contributed by atoms with E-state index in [1.807, 2.05) is 0 Å². The number of nitrogens with one attached hydrogen (secondary N) is 1. The molecule has 0 atom stereocenters. The quantitative estimate of drug-likeness (QED) is 0.648. The maximum absolute atomic E-state index is 3.48. The Morgan fingerprint density at radius 1 is 1.17 bits per heavy atom. The van der Waals surface area contributed by atoms with Crippen LogP contribution < -0.4 is 5.32 Å². The summed E-state index contributed by atoms with van der Waals surface area (Å²) in [6.45, 7) is 11.2. The van der Waals surface area contributed by atoms with E-state index in [4.69, 9.17) is 0 Å². The third kappa shape index (κ3) is 5.44. The Kier molecular flexibility index (Phi) is 6.39. The molecule has 0 amide bonds. The molecular formula is C16H35NSi. The van der Waals surface area contributed by atoms with Gasteiger partial charge in [-0.2, -0.15) is 0 Å². The van der Waals surface area contributed by atoms with E-state index in [-0.39, 0.29) is 0 Å². The maximum atomic E-state index is 3.48. The van der Waals surface area contributed by atoms with Crippen LogP contribution in [0.25, 0.3) is 0 Å². The molecule has 1 rings (SSSR count).